The average Bonchev–Trinajstić information content (AvgIpc) is 3.11. The molecule has 156 valence electrons. The Balaban J connectivity index is 1.37. The Morgan fingerprint density at radius 3 is 2.67 bits per heavy atom. The maximum Gasteiger partial charge on any atom is 0.321 e. The Kier molecular flexibility index (Phi) is 5.59. The van der Waals surface area contributed by atoms with E-state index in [1.54, 1.807) is 35.2 Å². The molecule has 30 heavy (non-hydrogen) atoms. The number of piperidine rings is 1. The number of likely N-dealkylation sites (tertiary alicyclic amines) is 1. The number of anilines is 2. The summed E-state index contributed by atoms with van der Waals surface area (Å²) >= 11 is 5.95. The van der Waals surface area contributed by atoms with Crippen LogP contribution in [0.25, 0.3) is 0 Å². The number of benzene rings is 2. The Morgan fingerprint density at radius 1 is 1.13 bits per heavy atom. The van der Waals surface area contributed by atoms with Gasteiger partial charge in [-0.1, -0.05) is 28.9 Å². The number of oxime groups is 1. The third-order valence-electron chi connectivity index (χ3n) is 5.09. The zero-order chi connectivity index (χ0) is 21.1. The van der Waals surface area contributed by atoms with Gasteiger partial charge in [-0.15, -0.1) is 0 Å². The molecule has 0 bridgehead atoms. The molecule has 2 heterocycles. The highest BCUT2D eigenvalue weighted by atomic mass is 35.5. The van der Waals surface area contributed by atoms with Crippen LogP contribution < -0.4 is 10.6 Å². The number of urea groups is 1. The summed E-state index contributed by atoms with van der Waals surface area (Å²) < 4.78 is 13.4. The largest absolute Gasteiger partial charge is 0.386 e. The first-order chi connectivity index (χ1) is 14.4. The molecule has 0 radical (unpaired) electrons. The fourth-order valence-electron chi connectivity index (χ4n) is 3.67. The van der Waals surface area contributed by atoms with Crippen LogP contribution in [0.5, 0.6) is 0 Å². The number of hydrogen-bond acceptors (Lipinski definition) is 4. The van der Waals surface area contributed by atoms with Crippen LogP contribution in [0.3, 0.4) is 0 Å². The zero-order valence-corrected chi connectivity index (χ0v) is 16.8. The molecule has 2 N–H and O–H groups in total. The number of carbonyl (C=O) groups excluding carboxylic acids is 2. The fraction of sp³-hybridized carbons (Fsp3) is 0.286. The second-order valence-corrected chi connectivity index (χ2v) is 7.86. The van der Waals surface area contributed by atoms with Crippen molar-refractivity contribution in [2.24, 2.45) is 5.16 Å². The quantitative estimate of drug-likeness (QED) is 0.763. The molecule has 2 aliphatic heterocycles. The molecule has 2 aromatic carbocycles. The monoisotopic (exact) mass is 430 g/mol. The van der Waals surface area contributed by atoms with E-state index in [-0.39, 0.29) is 24.2 Å². The van der Waals surface area contributed by atoms with E-state index in [9.17, 15) is 14.0 Å². The van der Waals surface area contributed by atoms with Crippen molar-refractivity contribution in [3.63, 3.8) is 0 Å². The lowest BCUT2D eigenvalue weighted by Gasteiger charge is -2.38. The van der Waals surface area contributed by atoms with Gasteiger partial charge in [-0.2, -0.15) is 0 Å². The van der Waals surface area contributed by atoms with E-state index in [1.165, 1.54) is 18.2 Å². The molecule has 2 aliphatic rings. The Morgan fingerprint density at radius 2 is 1.90 bits per heavy atom. The molecule has 1 atom stereocenters. The van der Waals surface area contributed by atoms with Gasteiger partial charge >= 0.3 is 6.03 Å². The predicted octanol–water partition coefficient (Wildman–Crippen LogP) is 4.26. The number of hydrogen-bond donors (Lipinski definition) is 2. The van der Waals surface area contributed by atoms with Crippen LogP contribution in [-0.4, -0.2) is 41.2 Å². The lowest BCUT2D eigenvalue weighted by atomic mass is 9.88. The number of halogens is 2. The lowest BCUT2D eigenvalue weighted by molar-refractivity contribution is -0.110. The Bertz CT molecular complexity index is 1020. The van der Waals surface area contributed by atoms with E-state index in [2.05, 4.69) is 15.8 Å². The summed E-state index contributed by atoms with van der Waals surface area (Å²) in [6, 6.07) is 12.2. The van der Waals surface area contributed by atoms with Gasteiger partial charge in [0.05, 0.1) is 6.54 Å². The first kappa shape index (κ1) is 20.2. The minimum absolute atomic E-state index is 0.266. The van der Waals surface area contributed by atoms with Crippen LogP contribution in [0.15, 0.2) is 53.7 Å². The molecule has 9 heteroatoms. The molecule has 0 unspecified atom stereocenters. The number of carbonyl (C=O) groups is 2. The predicted molar refractivity (Wildman–Crippen MR) is 112 cm³/mol. The van der Waals surface area contributed by atoms with Gasteiger partial charge in [-0.25, -0.2) is 9.18 Å². The van der Waals surface area contributed by atoms with Gasteiger partial charge in [0.1, 0.15) is 11.5 Å². The van der Waals surface area contributed by atoms with Gasteiger partial charge in [0.2, 0.25) is 0 Å². The maximum absolute atomic E-state index is 13.4. The smallest absolute Gasteiger partial charge is 0.321 e. The average molecular weight is 431 g/mol. The van der Waals surface area contributed by atoms with E-state index >= 15 is 0 Å². The van der Waals surface area contributed by atoms with Crippen molar-refractivity contribution in [3.05, 3.63) is 59.4 Å². The second kappa shape index (κ2) is 8.31. The number of rotatable bonds is 3. The zero-order valence-electron chi connectivity index (χ0n) is 16.0. The second-order valence-electron chi connectivity index (χ2n) is 7.42. The number of amides is 3. The topological polar surface area (TPSA) is 83.0 Å². The lowest BCUT2D eigenvalue weighted by Crippen LogP contribution is -2.52. The fourth-order valence-corrected chi connectivity index (χ4v) is 3.86. The van der Waals surface area contributed by atoms with Crippen molar-refractivity contribution in [1.29, 1.82) is 0 Å². The van der Waals surface area contributed by atoms with Crippen molar-refractivity contribution >= 4 is 40.6 Å². The van der Waals surface area contributed by atoms with Crippen LogP contribution in [0.2, 0.25) is 5.02 Å². The Labute approximate surface area is 177 Å². The molecule has 1 saturated heterocycles. The molecule has 0 saturated carbocycles. The third-order valence-corrected chi connectivity index (χ3v) is 5.32. The molecule has 0 aromatic heterocycles. The minimum atomic E-state index is -0.738. The SMILES string of the molecule is O=C(Nc1cccc(Cl)c1)C1=NO[C@]2(CCCN(C(=O)Nc3cccc(F)c3)C2)C1. The van der Waals surface area contributed by atoms with Gasteiger partial charge in [0.15, 0.2) is 5.60 Å². The number of nitrogens with zero attached hydrogens (tertiary/aromatic N) is 2. The molecule has 1 spiro atoms. The van der Waals surface area contributed by atoms with Gasteiger partial charge in [0, 0.05) is 29.4 Å². The summed E-state index contributed by atoms with van der Waals surface area (Å²) in [5, 5.41) is 9.95. The van der Waals surface area contributed by atoms with Crippen molar-refractivity contribution in [2.75, 3.05) is 23.7 Å². The van der Waals surface area contributed by atoms with Gasteiger partial charge in [-0.3, -0.25) is 4.79 Å². The van der Waals surface area contributed by atoms with Crippen molar-refractivity contribution in [3.8, 4) is 0 Å². The standard InChI is InChI=1S/C21H20ClFN4O3/c22-14-4-1-6-16(10-14)24-19(28)18-12-21(30-26-18)8-3-9-27(13-21)20(29)25-17-7-2-5-15(23)11-17/h1-2,4-7,10-11H,3,8-9,12-13H2,(H,24,28)(H,25,29)/t21-/m1/s1. The van der Waals surface area contributed by atoms with Gasteiger partial charge in [-0.05, 0) is 49.2 Å². The van der Waals surface area contributed by atoms with E-state index in [0.717, 1.165) is 0 Å². The van der Waals surface area contributed by atoms with Crippen LogP contribution in [0.4, 0.5) is 20.6 Å². The Hall–Kier alpha value is -3.13. The molecule has 0 aliphatic carbocycles. The summed E-state index contributed by atoms with van der Waals surface area (Å²) in [5.74, 6) is -0.790. The van der Waals surface area contributed by atoms with Crippen LogP contribution in [0.1, 0.15) is 19.3 Å². The third kappa shape index (κ3) is 4.54. The summed E-state index contributed by atoms with van der Waals surface area (Å²) in [6.07, 6.45) is 1.67. The van der Waals surface area contributed by atoms with E-state index < -0.39 is 11.4 Å². The first-order valence-corrected chi connectivity index (χ1v) is 9.94. The molecule has 7 nitrogen and oxygen atoms in total. The highest BCUT2D eigenvalue weighted by molar-refractivity contribution is 6.43. The highest BCUT2D eigenvalue weighted by Crippen LogP contribution is 2.34. The molecule has 2 aromatic rings. The van der Waals surface area contributed by atoms with Crippen molar-refractivity contribution < 1.29 is 18.8 Å². The molecular weight excluding hydrogens is 411 g/mol. The normalized spacial score (nSPS) is 20.5. The minimum Gasteiger partial charge on any atom is -0.386 e. The molecule has 1 fully saturated rings. The molecule has 3 amide bonds. The van der Waals surface area contributed by atoms with E-state index in [4.69, 9.17) is 16.4 Å². The highest BCUT2D eigenvalue weighted by Gasteiger charge is 2.45. The summed E-state index contributed by atoms with van der Waals surface area (Å²) in [6.45, 7) is 0.821. The molecule has 4 rings (SSSR count). The summed E-state index contributed by atoms with van der Waals surface area (Å²) in [7, 11) is 0. The van der Waals surface area contributed by atoms with Gasteiger partial charge < -0.3 is 20.4 Å². The van der Waals surface area contributed by atoms with Gasteiger partial charge in [0.25, 0.3) is 5.91 Å². The van der Waals surface area contributed by atoms with Crippen LogP contribution in [0, 0.1) is 5.82 Å². The number of nitrogens with one attached hydrogen (secondary N) is 2. The van der Waals surface area contributed by atoms with Crippen LogP contribution in [-0.2, 0) is 9.63 Å². The van der Waals surface area contributed by atoms with Crippen molar-refractivity contribution in [1.82, 2.24) is 4.90 Å². The first-order valence-electron chi connectivity index (χ1n) is 9.56. The maximum atomic E-state index is 13.4. The summed E-state index contributed by atoms with van der Waals surface area (Å²) in [5.41, 5.74) is 0.474. The van der Waals surface area contributed by atoms with E-state index in [0.29, 0.717) is 42.2 Å². The summed E-state index contributed by atoms with van der Waals surface area (Å²) in [4.78, 5) is 32.4. The molecular formula is C21H20ClFN4O3. The van der Waals surface area contributed by atoms with Crippen molar-refractivity contribution in [2.45, 2.75) is 24.9 Å². The van der Waals surface area contributed by atoms with Crippen LogP contribution >= 0.6 is 11.6 Å². The van der Waals surface area contributed by atoms with E-state index in [1.807, 2.05) is 0 Å².